The summed E-state index contributed by atoms with van der Waals surface area (Å²) in [5.74, 6) is 0.787. The highest BCUT2D eigenvalue weighted by molar-refractivity contribution is 7.92. The van der Waals surface area contributed by atoms with E-state index in [1.807, 2.05) is 30.3 Å². The van der Waals surface area contributed by atoms with Crippen LogP contribution in [0.1, 0.15) is 0 Å². The molecule has 27 heavy (non-hydrogen) atoms. The lowest BCUT2D eigenvalue weighted by atomic mass is 10.2. The zero-order valence-corrected chi connectivity index (χ0v) is 14.9. The van der Waals surface area contributed by atoms with Crippen molar-refractivity contribution in [1.29, 1.82) is 0 Å². The Balaban J connectivity index is 1.61. The van der Waals surface area contributed by atoms with Crippen LogP contribution in [0.15, 0.2) is 94.3 Å². The first-order chi connectivity index (χ1) is 13.1. The van der Waals surface area contributed by atoms with Gasteiger partial charge in [0.25, 0.3) is 15.9 Å². The summed E-state index contributed by atoms with van der Waals surface area (Å²) < 4.78 is 32.9. The van der Waals surface area contributed by atoms with Crippen molar-refractivity contribution in [3.05, 3.63) is 84.9 Å². The smallest absolute Gasteiger partial charge is 0.261 e. The third-order valence-corrected chi connectivity index (χ3v) is 5.27. The summed E-state index contributed by atoms with van der Waals surface area (Å²) >= 11 is 0. The Morgan fingerprint density at radius 1 is 0.778 bits per heavy atom. The number of nitrogens with one attached hydrogen (secondary N) is 1. The summed E-state index contributed by atoms with van der Waals surface area (Å²) in [6.07, 6.45) is 0. The van der Waals surface area contributed by atoms with E-state index >= 15 is 0 Å². The maximum atomic E-state index is 12.5. The van der Waals surface area contributed by atoms with Crippen molar-refractivity contribution in [2.75, 3.05) is 4.72 Å². The molecule has 7 heteroatoms. The Kier molecular flexibility index (Phi) is 4.43. The molecule has 0 amide bonds. The van der Waals surface area contributed by atoms with E-state index in [0.717, 1.165) is 5.56 Å². The minimum absolute atomic E-state index is 0.194. The summed E-state index contributed by atoms with van der Waals surface area (Å²) in [5.41, 5.74) is 1.88. The fourth-order valence-electron chi connectivity index (χ4n) is 2.57. The first-order valence-corrected chi connectivity index (χ1v) is 9.67. The predicted molar refractivity (Wildman–Crippen MR) is 102 cm³/mol. The summed E-state index contributed by atoms with van der Waals surface area (Å²) in [4.78, 5) is 4.59. The normalized spacial score (nSPS) is 11.3. The largest absolute Gasteiger partial charge is 0.334 e. The molecule has 0 unspecified atom stereocenters. The average molecular weight is 377 g/mol. The van der Waals surface area contributed by atoms with Crippen molar-refractivity contribution in [2.45, 2.75) is 4.90 Å². The molecule has 0 spiro atoms. The third kappa shape index (κ3) is 3.73. The maximum Gasteiger partial charge on any atom is 0.261 e. The Morgan fingerprint density at radius 3 is 2.19 bits per heavy atom. The minimum atomic E-state index is -3.67. The molecule has 4 aromatic rings. The molecular formula is C20H15N3O3S. The van der Waals surface area contributed by atoms with Crippen molar-refractivity contribution in [1.82, 2.24) is 10.1 Å². The van der Waals surface area contributed by atoms with Gasteiger partial charge in [-0.25, -0.2) is 8.42 Å². The molecule has 4 rings (SSSR count). The van der Waals surface area contributed by atoms with E-state index in [2.05, 4.69) is 14.9 Å². The zero-order chi connectivity index (χ0) is 18.7. The summed E-state index contributed by atoms with van der Waals surface area (Å²) in [6, 6.07) is 24.5. The lowest BCUT2D eigenvalue weighted by Crippen LogP contribution is -2.12. The standard InChI is InChI=1S/C20H15N3O3S/c24-27(25,18-12-5-2-6-13-18)23-17-11-7-10-16(14-17)20-21-19(22-26-20)15-8-3-1-4-9-15/h1-14,23H. The van der Waals surface area contributed by atoms with E-state index in [0.29, 0.717) is 23.0 Å². The van der Waals surface area contributed by atoms with Gasteiger partial charge in [0.2, 0.25) is 5.82 Å². The van der Waals surface area contributed by atoms with Gasteiger partial charge in [-0.1, -0.05) is 59.8 Å². The quantitative estimate of drug-likeness (QED) is 0.563. The maximum absolute atomic E-state index is 12.5. The van der Waals surface area contributed by atoms with Gasteiger partial charge < -0.3 is 4.52 Å². The number of benzene rings is 3. The molecule has 0 bridgehead atoms. The fourth-order valence-corrected chi connectivity index (χ4v) is 3.65. The van der Waals surface area contributed by atoms with Crippen LogP contribution >= 0.6 is 0 Å². The number of nitrogens with zero attached hydrogens (tertiary/aromatic N) is 2. The average Bonchev–Trinajstić information content (AvgIpc) is 3.20. The number of hydrogen-bond donors (Lipinski definition) is 1. The molecule has 0 saturated carbocycles. The van der Waals surface area contributed by atoms with Crippen LogP contribution in [-0.4, -0.2) is 18.6 Å². The molecule has 0 aliphatic heterocycles. The highest BCUT2D eigenvalue weighted by atomic mass is 32.2. The molecule has 0 radical (unpaired) electrons. The minimum Gasteiger partial charge on any atom is -0.334 e. The van der Waals surface area contributed by atoms with Gasteiger partial charge in [0, 0.05) is 16.8 Å². The first-order valence-electron chi connectivity index (χ1n) is 8.19. The molecule has 0 aliphatic rings. The molecule has 6 nitrogen and oxygen atoms in total. The van der Waals surface area contributed by atoms with Crippen molar-refractivity contribution < 1.29 is 12.9 Å². The Bertz CT molecular complexity index is 1160. The zero-order valence-electron chi connectivity index (χ0n) is 14.1. The van der Waals surface area contributed by atoms with Gasteiger partial charge in [0.05, 0.1) is 4.90 Å². The van der Waals surface area contributed by atoms with Crippen molar-refractivity contribution in [3.8, 4) is 22.8 Å². The number of aromatic nitrogens is 2. The van der Waals surface area contributed by atoms with Gasteiger partial charge in [0.1, 0.15) is 0 Å². The van der Waals surface area contributed by atoms with Gasteiger partial charge in [-0.05, 0) is 30.3 Å². The van der Waals surface area contributed by atoms with E-state index < -0.39 is 10.0 Å². The second kappa shape index (κ2) is 7.05. The second-order valence-corrected chi connectivity index (χ2v) is 7.47. The molecule has 0 fully saturated rings. The first kappa shape index (κ1) is 17.0. The predicted octanol–water partition coefficient (Wildman–Crippen LogP) is 4.20. The van der Waals surface area contributed by atoms with E-state index in [1.165, 1.54) is 12.1 Å². The van der Waals surface area contributed by atoms with Crippen LogP contribution in [-0.2, 0) is 10.0 Å². The van der Waals surface area contributed by atoms with Crippen LogP contribution in [0, 0.1) is 0 Å². The van der Waals surface area contributed by atoms with Gasteiger partial charge in [-0.2, -0.15) is 4.98 Å². The lowest BCUT2D eigenvalue weighted by molar-refractivity contribution is 0.432. The van der Waals surface area contributed by atoms with Crippen LogP contribution in [0.5, 0.6) is 0 Å². The summed E-state index contributed by atoms with van der Waals surface area (Å²) in [5, 5.41) is 3.99. The van der Waals surface area contributed by atoms with E-state index in [9.17, 15) is 8.42 Å². The molecular weight excluding hydrogens is 362 g/mol. The lowest BCUT2D eigenvalue weighted by Gasteiger charge is -2.08. The van der Waals surface area contributed by atoms with Crippen molar-refractivity contribution in [2.24, 2.45) is 0 Å². The monoisotopic (exact) mass is 377 g/mol. The second-order valence-electron chi connectivity index (χ2n) is 5.79. The van der Waals surface area contributed by atoms with E-state index in [1.54, 1.807) is 42.5 Å². The number of rotatable bonds is 5. The van der Waals surface area contributed by atoms with Gasteiger partial charge in [0.15, 0.2) is 0 Å². The van der Waals surface area contributed by atoms with Gasteiger partial charge in [-0.3, -0.25) is 4.72 Å². The third-order valence-electron chi connectivity index (χ3n) is 3.87. The molecule has 1 heterocycles. The molecule has 0 atom stereocenters. The highest BCUT2D eigenvalue weighted by Gasteiger charge is 2.15. The summed E-state index contributed by atoms with van der Waals surface area (Å²) in [6.45, 7) is 0. The van der Waals surface area contributed by atoms with Gasteiger partial charge >= 0.3 is 0 Å². The van der Waals surface area contributed by atoms with Crippen molar-refractivity contribution >= 4 is 15.7 Å². The Labute approximate surface area is 156 Å². The van der Waals surface area contributed by atoms with Crippen molar-refractivity contribution in [3.63, 3.8) is 0 Å². The van der Waals surface area contributed by atoms with Crippen LogP contribution < -0.4 is 4.72 Å². The number of hydrogen-bond acceptors (Lipinski definition) is 5. The van der Waals surface area contributed by atoms with Crippen LogP contribution in [0.2, 0.25) is 0 Å². The van der Waals surface area contributed by atoms with Crippen LogP contribution in [0.4, 0.5) is 5.69 Å². The van der Waals surface area contributed by atoms with Crippen LogP contribution in [0.3, 0.4) is 0 Å². The van der Waals surface area contributed by atoms with Crippen LogP contribution in [0.25, 0.3) is 22.8 Å². The van der Waals surface area contributed by atoms with E-state index in [4.69, 9.17) is 4.52 Å². The Morgan fingerprint density at radius 2 is 1.44 bits per heavy atom. The molecule has 1 aromatic heterocycles. The topological polar surface area (TPSA) is 85.1 Å². The SMILES string of the molecule is O=S(=O)(Nc1cccc(-c2nc(-c3ccccc3)no2)c1)c1ccccc1. The highest BCUT2D eigenvalue weighted by Crippen LogP contribution is 2.25. The molecule has 0 saturated heterocycles. The number of sulfonamides is 1. The molecule has 0 aliphatic carbocycles. The summed E-state index contributed by atoms with van der Waals surface area (Å²) in [7, 11) is -3.67. The van der Waals surface area contributed by atoms with E-state index in [-0.39, 0.29) is 4.90 Å². The molecule has 1 N–H and O–H groups in total. The molecule has 134 valence electrons. The molecule has 3 aromatic carbocycles. The fraction of sp³-hybridized carbons (Fsp3) is 0. The Hall–Kier alpha value is -3.45. The number of anilines is 1. The van der Waals surface area contributed by atoms with Gasteiger partial charge in [-0.15, -0.1) is 0 Å².